The Morgan fingerprint density at radius 1 is 1.40 bits per heavy atom. The predicted molar refractivity (Wildman–Crippen MR) is 87.2 cm³/mol. The molecule has 1 aliphatic rings. The van der Waals surface area contributed by atoms with Crippen molar-refractivity contribution in [1.82, 2.24) is 5.32 Å². The first-order valence-corrected chi connectivity index (χ1v) is 8.98. The Kier molecular flexibility index (Phi) is 6.66. The second-order valence-electron chi connectivity index (χ2n) is 5.46. The number of hydrogen-bond acceptors (Lipinski definition) is 2. The minimum atomic E-state index is -0.253. The van der Waals surface area contributed by atoms with Crippen LogP contribution in [0.1, 0.15) is 31.7 Å². The Labute approximate surface area is 130 Å². The highest BCUT2D eigenvalue weighted by Crippen LogP contribution is 2.28. The van der Waals surface area contributed by atoms with E-state index in [2.05, 4.69) is 12.2 Å². The van der Waals surface area contributed by atoms with Gasteiger partial charge in [-0.05, 0) is 61.3 Å². The van der Waals surface area contributed by atoms with Crippen molar-refractivity contribution >= 4 is 23.4 Å². The topological polar surface area (TPSA) is 12.0 Å². The lowest BCUT2D eigenvalue weighted by Gasteiger charge is -2.27. The molecule has 1 saturated heterocycles. The summed E-state index contributed by atoms with van der Waals surface area (Å²) in [5.74, 6) is 3.07. The zero-order valence-corrected chi connectivity index (χ0v) is 13.6. The molecule has 0 aliphatic carbocycles. The van der Waals surface area contributed by atoms with Gasteiger partial charge in [0.15, 0.2) is 0 Å². The van der Waals surface area contributed by atoms with Crippen LogP contribution in [0.5, 0.6) is 0 Å². The third-order valence-electron chi connectivity index (χ3n) is 3.95. The zero-order chi connectivity index (χ0) is 14.4. The minimum absolute atomic E-state index is 0.229. The van der Waals surface area contributed by atoms with Crippen molar-refractivity contribution in [2.45, 2.75) is 38.6 Å². The largest absolute Gasteiger partial charge is 0.314 e. The highest BCUT2D eigenvalue weighted by molar-refractivity contribution is 7.99. The molecule has 1 N–H and O–H groups in total. The number of likely N-dealkylation sites (N-methyl/N-ethyl adjacent to an activating group) is 1. The van der Waals surface area contributed by atoms with Crippen molar-refractivity contribution in [3.8, 4) is 0 Å². The Bertz CT molecular complexity index is 421. The van der Waals surface area contributed by atoms with Crippen molar-refractivity contribution in [2.75, 3.05) is 18.1 Å². The first-order chi connectivity index (χ1) is 9.70. The molecule has 20 heavy (non-hydrogen) atoms. The summed E-state index contributed by atoms with van der Waals surface area (Å²) in [6, 6.07) is 5.64. The van der Waals surface area contributed by atoms with Gasteiger partial charge in [-0.15, -0.1) is 0 Å². The van der Waals surface area contributed by atoms with Gasteiger partial charge in [0.25, 0.3) is 0 Å². The highest BCUT2D eigenvalue weighted by atomic mass is 35.5. The van der Waals surface area contributed by atoms with Crippen LogP contribution in [-0.4, -0.2) is 24.1 Å². The van der Waals surface area contributed by atoms with Crippen LogP contribution in [0.2, 0.25) is 5.02 Å². The molecule has 0 bridgehead atoms. The van der Waals surface area contributed by atoms with Crippen molar-refractivity contribution in [3.05, 3.63) is 34.6 Å². The Balaban J connectivity index is 1.98. The molecule has 1 aromatic carbocycles. The van der Waals surface area contributed by atoms with Crippen molar-refractivity contribution in [2.24, 2.45) is 5.92 Å². The van der Waals surface area contributed by atoms with E-state index in [9.17, 15) is 4.39 Å². The molecule has 1 fully saturated rings. The van der Waals surface area contributed by atoms with Gasteiger partial charge < -0.3 is 5.32 Å². The van der Waals surface area contributed by atoms with Crippen LogP contribution in [-0.2, 0) is 6.42 Å². The predicted octanol–water partition coefficient (Wildman–Crippen LogP) is 4.53. The molecule has 1 aromatic rings. The van der Waals surface area contributed by atoms with Crippen LogP contribution in [0, 0.1) is 11.7 Å². The molecule has 0 amide bonds. The van der Waals surface area contributed by atoms with Gasteiger partial charge in [0.1, 0.15) is 5.82 Å². The van der Waals surface area contributed by atoms with Gasteiger partial charge in [-0.1, -0.05) is 30.7 Å². The smallest absolute Gasteiger partial charge is 0.145 e. The number of benzene rings is 1. The number of hydrogen-bond donors (Lipinski definition) is 1. The lowest BCUT2D eigenvalue weighted by atomic mass is 9.91. The minimum Gasteiger partial charge on any atom is -0.314 e. The molecule has 1 heterocycles. The molecule has 4 heteroatoms. The summed E-state index contributed by atoms with van der Waals surface area (Å²) in [4.78, 5) is 0. The molecule has 1 unspecified atom stereocenters. The Morgan fingerprint density at radius 3 is 2.85 bits per heavy atom. The Morgan fingerprint density at radius 2 is 2.15 bits per heavy atom. The van der Waals surface area contributed by atoms with Gasteiger partial charge in [0, 0.05) is 6.04 Å². The summed E-state index contributed by atoms with van der Waals surface area (Å²) in [5, 5.41) is 3.74. The Hall–Kier alpha value is -0.250. The standard InChI is InChI=1S/C16H23ClFNS/c1-2-19-14(10-12-6-8-20-9-7-12)11-13-4-3-5-15(17)16(13)18/h3-5,12,14,19H,2,6-11H2,1H3. The van der Waals surface area contributed by atoms with E-state index in [0.717, 1.165) is 30.9 Å². The number of nitrogens with one attached hydrogen (secondary N) is 1. The van der Waals surface area contributed by atoms with Crippen molar-refractivity contribution in [3.63, 3.8) is 0 Å². The molecule has 0 saturated carbocycles. The summed E-state index contributed by atoms with van der Waals surface area (Å²) in [6.45, 7) is 3.03. The maximum absolute atomic E-state index is 14.0. The normalized spacial score (nSPS) is 18.1. The molecule has 0 radical (unpaired) electrons. The molecule has 1 nitrogen and oxygen atoms in total. The summed E-state index contributed by atoms with van der Waals surface area (Å²) >= 11 is 7.92. The van der Waals surface area contributed by atoms with E-state index in [-0.39, 0.29) is 10.8 Å². The average molecular weight is 316 g/mol. The van der Waals surface area contributed by atoms with Crippen LogP contribution in [0.15, 0.2) is 18.2 Å². The SMILES string of the molecule is CCNC(Cc1cccc(Cl)c1F)CC1CCSCC1. The average Bonchev–Trinajstić information content (AvgIpc) is 2.45. The summed E-state index contributed by atoms with van der Waals surface area (Å²) in [5.41, 5.74) is 0.730. The van der Waals surface area contributed by atoms with E-state index >= 15 is 0 Å². The summed E-state index contributed by atoms with van der Waals surface area (Å²) in [6.07, 6.45) is 4.46. The van der Waals surface area contributed by atoms with E-state index in [4.69, 9.17) is 11.6 Å². The van der Waals surface area contributed by atoms with E-state index in [0.29, 0.717) is 6.04 Å². The first-order valence-electron chi connectivity index (χ1n) is 7.44. The fourth-order valence-electron chi connectivity index (χ4n) is 2.88. The van der Waals surface area contributed by atoms with Crippen molar-refractivity contribution < 1.29 is 4.39 Å². The van der Waals surface area contributed by atoms with Gasteiger partial charge in [0.2, 0.25) is 0 Å². The lowest BCUT2D eigenvalue weighted by molar-refractivity contribution is 0.364. The molecule has 1 aliphatic heterocycles. The van der Waals surface area contributed by atoms with E-state index in [1.165, 1.54) is 24.3 Å². The monoisotopic (exact) mass is 315 g/mol. The van der Waals surface area contributed by atoms with Gasteiger partial charge >= 0.3 is 0 Å². The summed E-state index contributed by atoms with van der Waals surface area (Å²) < 4.78 is 14.0. The second kappa shape index (κ2) is 8.26. The van der Waals surface area contributed by atoms with Crippen LogP contribution in [0.3, 0.4) is 0 Å². The highest BCUT2D eigenvalue weighted by Gasteiger charge is 2.20. The quantitative estimate of drug-likeness (QED) is 0.827. The summed E-state index contributed by atoms with van der Waals surface area (Å²) in [7, 11) is 0. The first kappa shape index (κ1) is 16.1. The van der Waals surface area contributed by atoms with Gasteiger partial charge in [-0.3, -0.25) is 0 Å². The van der Waals surface area contributed by atoms with Crippen LogP contribution in [0.25, 0.3) is 0 Å². The molecule has 0 spiro atoms. The van der Waals surface area contributed by atoms with E-state index < -0.39 is 0 Å². The number of rotatable bonds is 6. The third kappa shape index (κ3) is 4.64. The third-order valence-corrected chi connectivity index (χ3v) is 5.29. The maximum atomic E-state index is 14.0. The molecular weight excluding hydrogens is 293 g/mol. The molecular formula is C16H23ClFNS. The van der Waals surface area contributed by atoms with Crippen LogP contribution >= 0.6 is 23.4 Å². The van der Waals surface area contributed by atoms with Gasteiger partial charge in [-0.25, -0.2) is 4.39 Å². The fraction of sp³-hybridized carbons (Fsp3) is 0.625. The molecule has 1 atom stereocenters. The number of thioether (sulfide) groups is 1. The molecule has 112 valence electrons. The maximum Gasteiger partial charge on any atom is 0.145 e. The van der Waals surface area contributed by atoms with Crippen LogP contribution in [0.4, 0.5) is 4.39 Å². The van der Waals surface area contributed by atoms with Gasteiger partial charge in [-0.2, -0.15) is 11.8 Å². The second-order valence-corrected chi connectivity index (χ2v) is 7.10. The van der Waals surface area contributed by atoms with E-state index in [1.54, 1.807) is 6.07 Å². The van der Waals surface area contributed by atoms with Crippen LogP contribution < -0.4 is 5.32 Å². The number of halogens is 2. The lowest BCUT2D eigenvalue weighted by Crippen LogP contribution is -2.34. The zero-order valence-electron chi connectivity index (χ0n) is 12.0. The van der Waals surface area contributed by atoms with E-state index in [1.807, 2.05) is 23.9 Å². The molecule has 0 aromatic heterocycles. The van der Waals surface area contributed by atoms with Crippen molar-refractivity contribution in [1.29, 1.82) is 0 Å². The van der Waals surface area contributed by atoms with Gasteiger partial charge in [0.05, 0.1) is 5.02 Å². The molecule has 2 rings (SSSR count). The fourth-order valence-corrected chi connectivity index (χ4v) is 4.28.